The van der Waals surface area contributed by atoms with Crippen LogP contribution in [0.1, 0.15) is 165 Å². The zero-order valence-corrected chi connectivity index (χ0v) is 70.7. The van der Waals surface area contributed by atoms with Gasteiger partial charge in [0.1, 0.15) is 0 Å². The number of imidazole rings is 4. The molecule has 10 aliphatic rings. The van der Waals surface area contributed by atoms with Crippen molar-refractivity contribution in [2.45, 2.75) is 241 Å². The largest absolute Gasteiger partial charge is 0.336 e. The summed E-state index contributed by atoms with van der Waals surface area (Å²) in [6.07, 6.45) is 51.7. The summed E-state index contributed by atoms with van der Waals surface area (Å²) < 4.78 is 9.12. The lowest BCUT2D eigenvalue weighted by Gasteiger charge is -2.30. The zero-order valence-electron chi connectivity index (χ0n) is 70.7. The molecule has 2 saturated carbocycles. The highest BCUT2D eigenvalue weighted by Crippen LogP contribution is 2.49. The number of nitrogens with zero attached hydrogens (tertiary/aromatic N) is 16. The number of carbonyl (C=O) groups excluding carboxylic acids is 4. The van der Waals surface area contributed by atoms with Crippen molar-refractivity contribution in [1.82, 2.24) is 98.6 Å². The molecular formula is C100H112N20O4. The van der Waals surface area contributed by atoms with Gasteiger partial charge >= 0.3 is 0 Å². The van der Waals surface area contributed by atoms with E-state index in [9.17, 15) is 19.2 Å². The number of benzene rings is 6. The minimum atomic E-state index is 0.279. The summed E-state index contributed by atoms with van der Waals surface area (Å²) in [5.41, 5.74) is 19.8. The monoisotopic (exact) mass is 1660 g/mol. The fraction of sp³-hybridized carbons (Fsp3) is 0.440. The van der Waals surface area contributed by atoms with E-state index in [0.29, 0.717) is 108 Å². The van der Waals surface area contributed by atoms with Crippen LogP contribution < -0.4 is 0 Å². The number of aryl methyl sites for hydroxylation is 1. The standard InChI is InChI=1S/C26H27N5O.C25H31N5O.C25H25N5O.C24H29N5O/c32-26(11-6-18-4-2-1-3-5-18)31-22-8-10-24(31)20(12-22)16-30-17-27-23-13-19(7-9-25(23)30)21-14-28-29-15-21;2*31-25(10-17-4-2-1-3-5-17)30-21-7-9-23(30)19(11-21)15-29-16-26-22-12-18(6-8-24(22)29)20-13-27-28-14-20;30-24(16-4-2-1-3-5-16)29-20-7-9-22(29)18(10-20)14-28-15-25-21-11-17(6-8-23(21)28)19-12-26-27-13-19/h1-5,7,9,13-15,17,20,22,24H,6,8,10-12,16H2,(H,28,29);6,8,12-14,16-17,19,21,23H,1-5,7,9-11,15H2,(H,27,28);1-6,8,12-14,16,19,21,23H,7,9-11,15H2,(H,27,28);6,8,11-13,15-16,18,20,22H,1-5,7,9-10,14H2,(H,26,27). The molecule has 24 heteroatoms. The Balaban J connectivity index is 0.000000101. The first-order valence-electron chi connectivity index (χ1n) is 46.2. The number of rotatable bonds is 20. The molecule has 2 aliphatic carbocycles. The molecule has 24 rings (SSSR count). The Morgan fingerprint density at radius 3 is 1.04 bits per heavy atom. The first kappa shape index (κ1) is 79.1. The van der Waals surface area contributed by atoms with Gasteiger partial charge in [-0.1, -0.05) is 123 Å². The lowest BCUT2D eigenvalue weighted by molar-refractivity contribution is -0.138. The number of carbonyl (C=O) groups is 4. The van der Waals surface area contributed by atoms with Crippen LogP contribution in [0.3, 0.4) is 0 Å². The fourth-order valence-electron chi connectivity index (χ4n) is 24.1. The summed E-state index contributed by atoms with van der Waals surface area (Å²) in [7, 11) is 0. The number of nitrogens with one attached hydrogen (secondary N) is 4. The van der Waals surface area contributed by atoms with Gasteiger partial charge in [0.25, 0.3) is 0 Å². The molecule has 24 nitrogen and oxygen atoms in total. The number of fused-ring (bicyclic) bond motifs is 12. The van der Waals surface area contributed by atoms with E-state index < -0.39 is 0 Å². The van der Waals surface area contributed by atoms with E-state index in [-0.39, 0.29) is 11.8 Å². The third-order valence-electron chi connectivity index (χ3n) is 30.1. The third-order valence-corrected chi connectivity index (χ3v) is 30.1. The molecule has 636 valence electrons. The number of aromatic nitrogens is 16. The van der Waals surface area contributed by atoms with Gasteiger partial charge in [0.15, 0.2) is 0 Å². The maximum atomic E-state index is 13.3. The Labute approximate surface area is 722 Å². The van der Waals surface area contributed by atoms with Crippen LogP contribution in [0.4, 0.5) is 0 Å². The van der Waals surface area contributed by atoms with Gasteiger partial charge in [-0.25, -0.2) is 19.9 Å². The molecule has 0 spiro atoms. The summed E-state index contributed by atoms with van der Waals surface area (Å²) in [5.74, 6) is 4.49. The predicted molar refractivity (Wildman–Crippen MR) is 479 cm³/mol. The third kappa shape index (κ3) is 16.1. The second-order valence-corrected chi connectivity index (χ2v) is 37.4. The van der Waals surface area contributed by atoms with Crippen molar-refractivity contribution in [2.75, 3.05) is 0 Å². The average Bonchev–Trinajstić information content (AvgIpc) is 1.58. The predicted octanol–water partition coefficient (Wildman–Crippen LogP) is 17.6. The Bertz CT molecular complexity index is 6020. The molecule has 124 heavy (non-hydrogen) atoms. The second kappa shape index (κ2) is 34.9. The lowest BCUT2D eigenvalue weighted by atomic mass is 9.86. The van der Waals surface area contributed by atoms with Crippen LogP contribution in [-0.2, 0) is 58.2 Å². The summed E-state index contributed by atoms with van der Waals surface area (Å²) >= 11 is 0. The summed E-state index contributed by atoms with van der Waals surface area (Å²) in [6, 6.07) is 49.4. The smallest absolute Gasteiger partial charge is 0.227 e. The average molecular weight is 1660 g/mol. The molecule has 12 unspecified atom stereocenters. The van der Waals surface area contributed by atoms with Crippen molar-refractivity contribution in [2.24, 2.45) is 35.5 Å². The van der Waals surface area contributed by atoms with Crippen molar-refractivity contribution in [1.29, 1.82) is 0 Å². The molecule has 8 aromatic heterocycles. The SMILES string of the molecule is O=C(C1CCCCC1)N1C2CCC1C(Cn1cnc3cc(-c4cn[nH]c4)ccc31)C2.O=C(CC1CCCCC1)N1C2CCC1C(Cn1cnc3cc(-c4cn[nH]c4)ccc31)C2.O=C(CCc1ccccc1)N1C2CCC1C(Cn1cnc3cc(-c4cn[nH]c4)ccc31)C2.O=C(Cc1ccccc1)N1C2CCC1C(Cn1cnc3cc(-c4cn[nH]c4)ccc31)C2. The van der Waals surface area contributed by atoms with Crippen LogP contribution in [0.25, 0.3) is 88.6 Å². The van der Waals surface area contributed by atoms with E-state index >= 15 is 0 Å². The van der Waals surface area contributed by atoms with Crippen LogP contribution in [0.5, 0.6) is 0 Å². The summed E-state index contributed by atoms with van der Waals surface area (Å²) in [4.78, 5) is 80.3. The molecule has 12 atom stereocenters. The van der Waals surface area contributed by atoms with Crippen molar-refractivity contribution < 1.29 is 19.2 Å². The van der Waals surface area contributed by atoms with Crippen LogP contribution in [-0.4, -0.2) is 171 Å². The van der Waals surface area contributed by atoms with E-state index in [1.165, 1.54) is 93.6 Å². The normalized spacial score (nSPS) is 24.3. The molecule has 8 bridgehead atoms. The minimum absolute atomic E-state index is 0.279. The Hall–Kier alpha value is -12.1. The number of aromatic amines is 4. The highest BCUT2D eigenvalue weighted by atomic mass is 16.2. The molecule has 8 saturated heterocycles. The molecule has 16 heterocycles. The number of hydrogen-bond donors (Lipinski definition) is 4. The number of hydrogen-bond acceptors (Lipinski definition) is 12. The Kier molecular flexibility index (Phi) is 22.3. The highest BCUT2D eigenvalue weighted by Gasteiger charge is 2.53. The number of amides is 4. The summed E-state index contributed by atoms with van der Waals surface area (Å²) in [5, 5.41) is 27.7. The minimum Gasteiger partial charge on any atom is -0.336 e. The second-order valence-electron chi connectivity index (χ2n) is 37.4. The van der Waals surface area contributed by atoms with E-state index in [0.717, 1.165) is 186 Å². The highest BCUT2D eigenvalue weighted by molar-refractivity contribution is 5.87. The van der Waals surface area contributed by atoms with Crippen molar-refractivity contribution >= 4 is 67.8 Å². The van der Waals surface area contributed by atoms with Gasteiger partial charge < -0.3 is 37.9 Å². The lowest BCUT2D eigenvalue weighted by Crippen LogP contribution is -2.41. The molecule has 8 aliphatic heterocycles. The molecule has 10 fully saturated rings. The van der Waals surface area contributed by atoms with Crippen molar-refractivity contribution in [3.05, 3.63) is 219 Å². The number of H-pyrrole nitrogens is 4. The Morgan fingerprint density at radius 2 is 0.669 bits per heavy atom. The molecule has 6 aromatic carbocycles. The maximum absolute atomic E-state index is 13.3. The fourth-order valence-corrected chi connectivity index (χ4v) is 24.1. The summed E-state index contributed by atoms with van der Waals surface area (Å²) in [6.45, 7) is 3.75. The van der Waals surface area contributed by atoms with Crippen LogP contribution in [0.15, 0.2) is 208 Å². The van der Waals surface area contributed by atoms with Crippen molar-refractivity contribution in [3.63, 3.8) is 0 Å². The van der Waals surface area contributed by atoms with Gasteiger partial charge in [0.2, 0.25) is 23.6 Å². The first-order valence-corrected chi connectivity index (χ1v) is 46.2. The van der Waals surface area contributed by atoms with E-state index in [1.54, 1.807) is 0 Å². The van der Waals surface area contributed by atoms with Crippen LogP contribution in [0, 0.1) is 35.5 Å². The Morgan fingerprint density at radius 1 is 0.331 bits per heavy atom. The molecular weight excluding hydrogens is 1550 g/mol. The van der Waals surface area contributed by atoms with E-state index in [2.05, 4.69) is 184 Å². The van der Waals surface area contributed by atoms with E-state index in [4.69, 9.17) is 0 Å². The van der Waals surface area contributed by atoms with Gasteiger partial charge in [0, 0.05) is 140 Å². The van der Waals surface area contributed by atoms with Gasteiger partial charge in [-0.05, 0) is 221 Å². The van der Waals surface area contributed by atoms with Gasteiger partial charge in [-0.3, -0.25) is 39.6 Å². The molecule has 4 amide bonds. The van der Waals surface area contributed by atoms with Crippen LogP contribution in [0.2, 0.25) is 0 Å². The van der Waals surface area contributed by atoms with Gasteiger partial charge in [-0.2, -0.15) is 20.4 Å². The van der Waals surface area contributed by atoms with Gasteiger partial charge in [-0.15, -0.1) is 0 Å². The molecule has 0 radical (unpaired) electrons. The van der Waals surface area contributed by atoms with Crippen molar-refractivity contribution in [3.8, 4) is 44.5 Å². The molecule has 14 aromatic rings. The zero-order chi connectivity index (χ0) is 83.1. The first-order chi connectivity index (χ1) is 61.1. The maximum Gasteiger partial charge on any atom is 0.227 e. The van der Waals surface area contributed by atoms with Crippen LogP contribution >= 0.6 is 0 Å². The topological polar surface area (TPSA) is 267 Å². The molecule has 4 N–H and O–H groups in total. The quantitative estimate of drug-likeness (QED) is 0.0555. The van der Waals surface area contributed by atoms with E-state index in [1.807, 2.05) is 123 Å². The van der Waals surface area contributed by atoms with Gasteiger partial charge in [0.05, 0.1) is 101 Å².